The summed E-state index contributed by atoms with van der Waals surface area (Å²) in [6.45, 7) is 0. The van der Waals surface area contributed by atoms with Crippen molar-refractivity contribution in [3.63, 3.8) is 0 Å². The predicted molar refractivity (Wildman–Crippen MR) is 196 cm³/mol. The van der Waals surface area contributed by atoms with Gasteiger partial charge in [0, 0.05) is 24.6 Å². The molecule has 6 saturated heterocycles. The molecule has 15 nitrogen and oxygen atoms in total. The second-order valence-electron chi connectivity index (χ2n) is 17.6. The fourth-order valence-electron chi connectivity index (χ4n) is 12.5. The Balaban J connectivity index is 0.000000276. The van der Waals surface area contributed by atoms with Crippen LogP contribution >= 0.6 is 11.8 Å². The van der Waals surface area contributed by atoms with Crippen molar-refractivity contribution in [2.75, 3.05) is 0 Å². The van der Waals surface area contributed by atoms with Crippen molar-refractivity contribution >= 4 is 34.0 Å². The fourth-order valence-corrected chi connectivity index (χ4v) is 12.7. The van der Waals surface area contributed by atoms with E-state index in [0.717, 1.165) is 47.3 Å². The number of halogens is 1. The minimum absolute atomic E-state index is 0. The summed E-state index contributed by atoms with van der Waals surface area (Å²) in [6, 6.07) is 0. The molecule has 300 valence electrons. The maximum atomic E-state index is 10.4. The van der Waals surface area contributed by atoms with E-state index in [-0.39, 0.29) is 54.2 Å². The Kier molecular flexibility index (Phi) is 14.1. The number of imide groups is 1. The molecular formula is C36H61ClN9NaO6S. The topological polar surface area (TPSA) is 211 Å². The molecule has 0 radical (unpaired) electrons. The number of hydrogen-bond acceptors (Lipinski definition) is 13. The average molecular weight is 806 g/mol. The maximum Gasteiger partial charge on any atom is 1.00 e. The molecule has 0 aromatic carbocycles. The summed E-state index contributed by atoms with van der Waals surface area (Å²) in [5.74, 6) is 5.38. The summed E-state index contributed by atoms with van der Waals surface area (Å²) in [6.07, 6.45) is 26.1. The molecule has 10 fully saturated rings. The molecule has 10 aliphatic rings. The van der Waals surface area contributed by atoms with E-state index in [9.17, 15) is 9.59 Å². The van der Waals surface area contributed by atoms with Gasteiger partial charge in [0.15, 0.2) is 0 Å². The van der Waals surface area contributed by atoms with Gasteiger partial charge in [0.1, 0.15) is 0 Å². The first-order chi connectivity index (χ1) is 25.5. The Morgan fingerprint density at radius 1 is 0.463 bits per heavy atom. The van der Waals surface area contributed by atoms with Crippen LogP contribution in [0.15, 0.2) is 0 Å². The standard InChI is InChI=1S/C32H56N8.C4H4ClNO2.Na.H2O4S/c1-2-10-18-17(9-1)25-33-26(18)38-28-21-13-5-6-14-22(21)30(35-28)40-32-24-16-8-7-15-23(24)31(36-32)39-29-20-12-4-3-11-19(20)27(34-29)37-25;5-6-3(7)1-2-4(6)8;;1-5(2,3)4/h17-40H,1-16H2;1-2H2;;(H2,1,2,3,4)/q;;+1;/p-1. The average Bonchev–Trinajstić information content (AvgIpc) is 3.94. The smallest absolute Gasteiger partial charge is 0.726 e. The summed E-state index contributed by atoms with van der Waals surface area (Å²) >= 11 is 5.15. The molecule has 8 unspecified atom stereocenters. The van der Waals surface area contributed by atoms with Gasteiger partial charge in [-0.05, 0) is 98.7 Å². The van der Waals surface area contributed by atoms with E-state index in [1.807, 2.05) is 0 Å². The van der Waals surface area contributed by atoms with Gasteiger partial charge in [-0.3, -0.25) is 56.7 Å². The Morgan fingerprint density at radius 2 is 0.611 bits per heavy atom. The molecule has 6 heterocycles. The molecule has 54 heavy (non-hydrogen) atoms. The van der Waals surface area contributed by atoms with E-state index in [2.05, 4.69) is 42.5 Å². The third-order valence-corrected chi connectivity index (χ3v) is 15.2. The van der Waals surface area contributed by atoms with Crippen LogP contribution in [0.1, 0.15) is 116 Å². The van der Waals surface area contributed by atoms with Gasteiger partial charge in [-0.1, -0.05) is 51.4 Å². The van der Waals surface area contributed by atoms with Crippen LogP contribution in [0.2, 0.25) is 0 Å². The SMILES string of the molecule is C1CCC2C3NC(NC4NC(NC5NC(NC6NC(N3)C3CCCCC63)C3CCCCC53)C3CCCCC43)C2C1.O=C1CCC(=O)N1Cl.O=S(=O)([O-])O.[Na+]. The second kappa shape index (κ2) is 18.1. The first kappa shape index (κ1) is 42.1. The summed E-state index contributed by atoms with van der Waals surface area (Å²) in [5, 5.41) is 33.8. The van der Waals surface area contributed by atoms with Crippen molar-refractivity contribution in [1.29, 1.82) is 0 Å². The van der Waals surface area contributed by atoms with Crippen LogP contribution < -0.4 is 72.1 Å². The molecule has 8 atom stereocenters. The van der Waals surface area contributed by atoms with Crippen LogP contribution in [0.3, 0.4) is 0 Å². The number of nitrogens with zero attached hydrogens (tertiary/aromatic N) is 1. The Hall–Kier alpha value is -0.0200. The van der Waals surface area contributed by atoms with Gasteiger partial charge < -0.3 is 4.55 Å². The monoisotopic (exact) mass is 805 g/mol. The molecule has 9 N–H and O–H groups in total. The molecule has 4 aliphatic carbocycles. The summed E-state index contributed by atoms with van der Waals surface area (Å²) in [5.41, 5.74) is 0. The zero-order valence-electron chi connectivity index (χ0n) is 31.7. The zero-order valence-corrected chi connectivity index (χ0v) is 35.3. The molecule has 0 aromatic rings. The van der Waals surface area contributed by atoms with E-state index < -0.39 is 10.4 Å². The van der Waals surface area contributed by atoms with E-state index >= 15 is 0 Å². The van der Waals surface area contributed by atoms with Crippen LogP contribution in [-0.2, 0) is 20.0 Å². The van der Waals surface area contributed by atoms with Crippen molar-refractivity contribution in [3.05, 3.63) is 0 Å². The van der Waals surface area contributed by atoms with Gasteiger partial charge in [-0.15, -0.1) is 0 Å². The van der Waals surface area contributed by atoms with Crippen LogP contribution in [0.4, 0.5) is 0 Å². The van der Waals surface area contributed by atoms with Gasteiger partial charge in [0.2, 0.25) is 22.2 Å². The third-order valence-electron chi connectivity index (χ3n) is 14.8. The molecule has 2 amide bonds. The summed E-state index contributed by atoms with van der Waals surface area (Å²) < 4.78 is 33.5. The van der Waals surface area contributed by atoms with Gasteiger partial charge in [0.25, 0.3) is 0 Å². The normalized spacial score (nSPS) is 46.8. The van der Waals surface area contributed by atoms with Crippen LogP contribution in [-0.4, -0.2) is 83.1 Å². The Bertz CT molecular complexity index is 1210. The predicted octanol–water partition coefficient (Wildman–Crippen LogP) is -1.10. The molecular weight excluding hydrogens is 745 g/mol. The molecule has 0 spiro atoms. The Labute approximate surface area is 347 Å². The van der Waals surface area contributed by atoms with Crippen molar-refractivity contribution in [2.24, 2.45) is 47.3 Å². The number of carbonyl (C=O) groups excluding carboxylic acids is 2. The van der Waals surface area contributed by atoms with E-state index in [1.165, 1.54) is 103 Å². The van der Waals surface area contributed by atoms with Crippen LogP contribution in [0.5, 0.6) is 0 Å². The molecule has 0 aromatic heterocycles. The molecule has 4 saturated carbocycles. The van der Waals surface area contributed by atoms with Gasteiger partial charge in [-0.25, -0.2) is 8.42 Å². The first-order valence-electron chi connectivity index (χ1n) is 20.8. The van der Waals surface area contributed by atoms with E-state index in [1.54, 1.807) is 0 Å². The molecule has 18 heteroatoms. The minimum atomic E-state index is -4.92. The van der Waals surface area contributed by atoms with Crippen molar-refractivity contribution in [2.45, 2.75) is 165 Å². The molecule has 6 aliphatic heterocycles. The maximum absolute atomic E-state index is 10.4. The van der Waals surface area contributed by atoms with Crippen LogP contribution in [0, 0.1) is 47.3 Å². The molecule has 8 bridgehead atoms. The zero-order chi connectivity index (χ0) is 36.9. The molecule has 10 rings (SSSR count). The summed E-state index contributed by atoms with van der Waals surface area (Å²) in [4.78, 5) is 20.7. The van der Waals surface area contributed by atoms with Gasteiger partial charge in [-0.2, -0.15) is 4.42 Å². The number of amides is 2. The minimum Gasteiger partial charge on any atom is -0.726 e. The van der Waals surface area contributed by atoms with Crippen molar-refractivity contribution in [3.8, 4) is 0 Å². The summed E-state index contributed by atoms with van der Waals surface area (Å²) in [7, 11) is -4.92. The fraction of sp³-hybridized carbons (Fsp3) is 0.944. The number of carbonyl (C=O) groups is 2. The number of rotatable bonds is 0. The van der Waals surface area contributed by atoms with E-state index in [0.29, 0.717) is 53.7 Å². The number of fused-ring (bicyclic) bond motifs is 20. The second-order valence-corrected chi connectivity index (χ2v) is 18.8. The van der Waals surface area contributed by atoms with Crippen LogP contribution in [0.25, 0.3) is 0 Å². The van der Waals surface area contributed by atoms with Gasteiger partial charge >= 0.3 is 29.6 Å². The quantitative estimate of drug-likeness (QED) is 0.0469. The first-order valence-corrected chi connectivity index (χ1v) is 22.5. The number of hydrogen-bond donors (Lipinski definition) is 9. The van der Waals surface area contributed by atoms with Crippen molar-refractivity contribution < 1.29 is 56.7 Å². The Morgan fingerprint density at radius 3 is 0.722 bits per heavy atom. The third kappa shape index (κ3) is 9.23. The number of nitrogens with one attached hydrogen (secondary N) is 8. The van der Waals surface area contributed by atoms with E-state index in [4.69, 9.17) is 29.3 Å². The van der Waals surface area contributed by atoms with Gasteiger partial charge in [0.05, 0.1) is 49.3 Å². The largest absolute Gasteiger partial charge is 1.00 e. The van der Waals surface area contributed by atoms with Crippen molar-refractivity contribution in [1.82, 2.24) is 47.0 Å².